The number of hydrogen-bond donors (Lipinski definition) is 5. The first-order valence-electron chi connectivity index (χ1n) is 18.0. The SMILES string of the molecule is CO[C@@H]1[C@H](OC(=O)NCCCCCCCCNC(=O)CCCC[C@@H]2SC[C@@H]3NC(=O)N[C@@H]32)CC[C@]2(CO2)[C@@]1(O)C(C)(C)OCC=C(C)C. The molecule has 4 aliphatic rings. The first kappa shape index (κ1) is 38.7. The van der Waals surface area contributed by atoms with E-state index in [0.717, 1.165) is 69.1 Å². The predicted octanol–water partition coefficient (Wildman–Crippen LogP) is 4.33. The molecule has 274 valence electrons. The van der Waals surface area contributed by atoms with Crippen LogP contribution < -0.4 is 21.3 Å². The van der Waals surface area contributed by atoms with Crippen molar-refractivity contribution in [2.24, 2.45) is 0 Å². The molecule has 0 aromatic carbocycles. The smallest absolute Gasteiger partial charge is 0.407 e. The van der Waals surface area contributed by atoms with Crippen LogP contribution in [0.15, 0.2) is 11.6 Å². The second-order valence-corrected chi connectivity index (χ2v) is 15.8. The number of amides is 4. The molecule has 5 N–H and O–H groups in total. The molecular weight excluding hydrogens is 636 g/mol. The van der Waals surface area contributed by atoms with Crippen LogP contribution in [0.25, 0.3) is 0 Å². The van der Waals surface area contributed by atoms with Crippen molar-refractivity contribution in [2.75, 3.05) is 39.2 Å². The van der Waals surface area contributed by atoms with Crippen LogP contribution in [0.3, 0.4) is 0 Å². The Morgan fingerprint density at radius 1 is 1.06 bits per heavy atom. The number of thioether (sulfide) groups is 1. The number of methoxy groups -OCH3 is 1. The van der Waals surface area contributed by atoms with Gasteiger partial charge in [0.1, 0.15) is 17.8 Å². The Labute approximate surface area is 290 Å². The molecule has 3 heterocycles. The summed E-state index contributed by atoms with van der Waals surface area (Å²) < 4.78 is 23.6. The second-order valence-electron chi connectivity index (χ2n) is 14.6. The van der Waals surface area contributed by atoms with Crippen LogP contribution in [0.5, 0.6) is 0 Å². The molecule has 0 bridgehead atoms. The van der Waals surface area contributed by atoms with E-state index in [9.17, 15) is 19.5 Å². The fourth-order valence-corrected chi connectivity index (χ4v) is 9.02. The molecule has 12 nitrogen and oxygen atoms in total. The number of ether oxygens (including phenoxy) is 4. The molecule has 0 aromatic rings. The zero-order valence-electron chi connectivity index (χ0n) is 29.7. The van der Waals surface area contributed by atoms with Crippen molar-refractivity contribution in [2.45, 2.75) is 151 Å². The van der Waals surface area contributed by atoms with Gasteiger partial charge in [0.05, 0.1) is 30.9 Å². The third-order valence-corrected chi connectivity index (χ3v) is 11.9. The van der Waals surface area contributed by atoms with E-state index in [-0.39, 0.29) is 24.0 Å². The Kier molecular flexibility index (Phi) is 14.3. The lowest BCUT2D eigenvalue weighted by atomic mass is 9.64. The maximum atomic E-state index is 12.7. The second kappa shape index (κ2) is 17.7. The fraction of sp³-hybridized carbons (Fsp3) is 0.857. The predicted molar refractivity (Wildman–Crippen MR) is 186 cm³/mol. The Morgan fingerprint density at radius 2 is 1.75 bits per heavy atom. The molecular formula is C35H60N4O8S. The number of rotatable bonds is 20. The quantitative estimate of drug-likeness (QED) is 0.0541. The normalized spacial score (nSPS) is 30.7. The van der Waals surface area contributed by atoms with Gasteiger partial charge >= 0.3 is 12.1 Å². The number of nitrogens with one attached hydrogen (secondary N) is 4. The van der Waals surface area contributed by atoms with Crippen LogP contribution >= 0.6 is 11.8 Å². The van der Waals surface area contributed by atoms with Crippen molar-refractivity contribution < 1.29 is 38.4 Å². The average Bonchev–Trinajstić information content (AvgIpc) is 3.60. The molecule has 4 amide bonds. The molecule has 1 aliphatic carbocycles. The molecule has 1 saturated carbocycles. The number of carbonyl (C=O) groups is 3. The Balaban J connectivity index is 1.02. The molecule has 48 heavy (non-hydrogen) atoms. The molecule has 7 atom stereocenters. The number of aliphatic hydroxyl groups is 1. The number of urea groups is 1. The van der Waals surface area contributed by atoms with Gasteiger partial charge < -0.3 is 45.3 Å². The monoisotopic (exact) mass is 696 g/mol. The largest absolute Gasteiger partial charge is 0.443 e. The van der Waals surface area contributed by atoms with E-state index in [1.54, 1.807) is 0 Å². The topological polar surface area (TPSA) is 160 Å². The number of carbonyl (C=O) groups excluding carboxylic acids is 3. The number of allylic oxidation sites excluding steroid dienone is 1. The van der Waals surface area contributed by atoms with Crippen molar-refractivity contribution in [3.05, 3.63) is 11.6 Å². The van der Waals surface area contributed by atoms with Gasteiger partial charge in [-0.3, -0.25) is 4.79 Å². The number of alkyl carbamates (subject to hydrolysis) is 1. The molecule has 1 spiro atoms. The van der Waals surface area contributed by atoms with Gasteiger partial charge in [0.2, 0.25) is 5.91 Å². The van der Waals surface area contributed by atoms with Gasteiger partial charge in [0.15, 0.2) is 5.60 Å². The summed E-state index contributed by atoms with van der Waals surface area (Å²) in [6, 6.07) is 0.425. The van der Waals surface area contributed by atoms with Crippen LogP contribution in [-0.2, 0) is 23.7 Å². The molecule has 0 unspecified atom stereocenters. The number of epoxide rings is 1. The van der Waals surface area contributed by atoms with Crippen molar-refractivity contribution in [1.29, 1.82) is 0 Å². The summed E-state index contributed by atoms with van der Waals surface area (Å²) in [6.07, 6.45) is 10.5. The lowest BCUT2D eigenvalue weighted by Crippen LogP contribution is -2.73. The zero-order chi connectivity index (χ0) is 34.8. The minimum absolute atomic E-state index is 0.0545. The average molecular weight is 697 g/mol. The van der Waals surface area contributed by atoms with Gasteiger partial charge in [-0.2, -0.15) is 11.8 Å². The third-order valence-electron chi connectivity index (χ3n) is 10.4. The summed E-state index contributed by atoms with van der Waals surface area (Å²) in [7, 11) is 1.52. The highest BCUT2D eigenvalue weighted by Crippen LogP contribution is 2.55. The van der Waals surface area contributed by atoms with Crippen LogP contribution in [0.2, 0.25) is 0 Å². The molecule has 4 rings (SSSR count). The highest BCUT2D eigenvalue weighted by molar-refractivity contribution is 8.00. The summed E-state index contributed by atoms with van der Waals surface area (Å²) >= 11 is 1.91. The minimum Gasteiger partial charge on any atom is -0.443 e. The van der Waals surface area contributed by atoms with Crippen LogP contribution in [0.1, 0.15) is 105 Å². The summed E-state index contributed by atoms with van der Waals surface area (Å²) in [4.78, 5) is 36.4. The molecule has 13 heteroatoms. The standard InChI is InChI=1S/C35H60N4O8S/c1-24(2)17-21-45-33(3,4)35(43)30(44-5)26(16-18-34(35)23-46-34)47-32(42)37-20-13-9-7-6-8-12-19-36-28(40)15-11-10-14-27-29-25(22-48-27)38-31(41)39-29/h17,25-27,29-30,43H,6-16,18-23H2,1-5H3,(H,36,40)(H,37,42)(H2,38,39,41)/t25-,26+,27-,29-,30+,34-,35-/m0/s1. The summed E-state index contributed by atoms with van der Waals surface area (Å²) in [5.41, 5.74) is -2.19. The molecule has 0 aromatic heterocycles. The van der Waals surface area contributed by atoms with E-state index in [1.165, 1.54) is 7.11 Å². The van der Waals surface area contributed by atoms with Crippen molar-refractivity contribution in [3.8, 4) is 0 Å². The van der Waals surface area contributed by atoms with Crippen molar-refractivity contribution in [1.82, 2.24) is 21.3 Å². The summed E-state index contributed by atoms with van der Waals surface area (Å²) in [6.45, 7) is 9.64. The van der Waals surface area contributed by atoms with Crippen molar-refractivity contribution in [3.63, 3.8) is 0 Å². The molecule has 0 radical (unpaired) electrons. The summed E-state index contributed by atoms with van der Waals surface area (Å²) in [5, 5.41) is 24.5. The Bertz CT molecular complexity index is 1110. The third kappa shape index (κ3) is 9.80. The summed E-state index contributed by atoms with van der Waals surface area (Å²) in [5.74, 6) is 1.08. The Hall–Kier alpha value is -2.06. The number of unbranched alkanes of at least 4 members (excludes halogenated alkanes) is 6. The lowest BCUT2D eigenvalue weighted by molar-refractivity contribution is -0.273. The zero-order valence-corrected chi connectivity index (χ0v) is 30.5. The maximum absolute atomic E-state index is 12.7. The van der Waals surface area contributed by atoms with Gasteiger partial charge in [0.25, 0.3) is 0 Å². The van der Waals surface area contributed by atoms with E-state index in [1.807, 2.05) is 45.5 Å². The molecule has 4 fully saturated rings. The van der Waals surface area contributed by atoms with Gasteiger partial charge in [-0.05, 0) is 66.2 Å². The lowest BCUT2D eigenvalue weighted by Gasteiger charge is -2.54. The van der Waals surface area contributed by atoms with Gasteiger partial charge in [-0.1, -0.05) is 43.8 Å². The van der Waals surface area contributed by atoms with Crippen LogP contribution in [0.4, 0.5) is 9.59 Å². The van der Waals surface area contributed by atoms with Gasteiger partial charge in [-0.25, -0.2) is 9.59 Å². The maximum Gasteiger partial charge on any atom is 0.407 e. The first-order valence-corrected chi connectivity index (χ1v) is 19.0. The van der Waals surface area contributed by atoms with Crippen molar-refractivity contribution >= 4 is 29.8 Å². The number of hydrogen-bond acceptors (Lipinski definition) is 9. The fourth-order valence-electron chi connectivity index (χ4n) is 7.48. The first-order chi connectivity index (χ1) is 22.9. The molecule has 3 aliphatic heterocycles. The van der Waals surface area contributed by atoms with Gasteiger partial charge in [0, 0.05) is 37.6 Å². The highest BCUT2D eigenvalue weighted by Gasteiger charge is 2.74. The molecule has 3 saturated heterocycles. The minimum atomic E-state index is -1.51. The van der Waals surface area contributed by atoms with E-state index in [2.05, 4.69) is 21.3 Å². The van der Waals surface area contributed by atoms with E-state index >= 15 is 0 Å². The van der Waals surface area contributed by atoms with Crippen LogP contribution in [0, 0.1) is 0 Å². The highest BCUT2D eigenvalue weighted by atomic mass is 32.2. The van der Waals surface area contributed by atoms with Crippen LogP contribution in [-0.4, -0.2) is 109 Å². The Morgan fingerprint density at radius 3 is 2.42 bits per heavy atom. The van der Waals surface area contributed by atoms with E-state index in [0.29, 0.717) is 50.8 Å². The van der Waals surface area contributed by atoms with E-state index < -0.39 is 35.1 Å². The number of fused-ring (bicyclic) bond motifs is 1. The van der Waals surface area contributed by atoms with Gasteiger partial charge in [-0.15, -0.1) is 0 Å². The van der Waals surface area contributed by atoms with E-state index in [4.69, 9.17) is 18.9 Å².